The molecule has 3 rings (SSSR count). The largest absolute Gasteiger partial charge is 0.370 e. The third kappa shape index (κ3) is 2.74. The van der Waals surface area contributed by atoms with Gasteiger partial charge in [-0.25, -0.2) is 9.78 Å². The lowest BCUT2D eigenvalue weighted by Crippen LogP contribution is -3.12. The van der Waals surface area contributed by atoms with Crippen LogP contribution in [0, 0.1) is 0 Å². The van der Waals surface area contributed by atoms with Gasteiger partial charge in [0.1, 0.15) is 26.2 Å². The summed E-state index contributed by atoms with van der Waals surface area (Å²) < 4.78 is 9.19. The molecule has 0 aromatic carbocycles. The first-order chi connectivity index (χ1) is 11.4. The number of nitrogens with two attached hydrogens (primary N) is 1. The van der Waals surface area contributed by atoms with Crippen LogP contribution < -0.4 is 21.9 Å². The highest BCUT2D eigenvalue weighted by atomic mass is 16.5. The maximum Gasteiger partial charge on any atom is 0.332 e. The molecule has 2 aromatic rings. The van der Waals surface area contributed by atoms with E-state index in [9.17, 15) is 14.4 Å². The normalized spacial score (nSPS) is 15.9. The quantitative estimate of drug-likeness (QED) is 0.596. The van der Waals surface area contributed by atoms with Gasteiger partial charge in [-0.2, -0.15) is 0 Å². The number of rotatable bonds is 4. The number of carbonyl (C=O) groups excluding carboxylic acids is 1. The predicted octanol–water partition coefficient (Wildman–Crippen LogP) is -3.67. The number of morpholine rings is 1. The molecular formula is C14H21N6O4+. The van der Waals surface area contributed by atoms with E-state index in [0.29, 0.717) is 25.6 Å². The fraction of sp³-hybridized carbons (Fsp3) is 0.571. The summed E-state index contributed by atoms with van der Waals surface area (Å²) in [4.78, 5) is 41.8. The van der Waals surface area contributed by atoms with Gasteiger partial charge in [-0.05, 0) is 0 Å². The van der Waals surface area contributed by atoms with Crippen molar-refractivity contribution in [1.29, 1.82) is 0 Å². The molecule has 10 nitrogen and oxygen atoms in total. The van der Waals surface area contributed by atoms with Crippen LogP contribution in [0.2, 0.25) is 0 Å². The average Bonchev–Trinajstić information content (AvgIpc) is 2.90. The topological polar surface area (TPSA) is 119 Å². The molecular weight excluding hydrogens is 316 g/mol. The Morgan fingerprint density at radius 2 is 1.92 bits per heavy atom. The molecule has 1 aliphatic heterocycles. The second kappa shape index (κ2) is 6.21. The van der Waals surface area contributed by atoms with Crippen LogP contribution >= 0.6 is 0 Å². The number of ether oxygens (including phenoxy) is 1. The van der Waals surface area contributed by atoms with E-state index >= 15 is 0 Å². The number of fused-ring (bicyclic) bond motifs is 1. The molecule has 0 saturated carbocycles. The van der Waals surface area contributed by atoms with Gasteiger partial charge in [0.2, 0.25) is 5.91 Å². The number of hydrogen-bond acceptors (Lipinski definition) is 5. The molecule has 0 atom stereocenters. The van der Waals surface area contributed by atoms with E-state index in [1.54, 1.807) is 7.05 Å². The van der Waals surface area contributed by atoms with Crippen LogP contribution in [0.5, 0.6) is 0 Å². The first kappa shape index (κ1) is 16.4. The van der Waals surface area contributed by atoms with E-state index < -0.39 is 17.2 Å². The molecule has 24 heavy (non-hydrogen) atoms. The molecule has 0 aliphatic carbocycles. The number of aromatic nitrogens is 4. The number of hydrogen-bond donors (Lipinski definition) is 2. The van der Waals surface area contributed by atoms with E-state index in [1.165, 1.54) is 21.1 Å². The number of nitrogens with one attached hydrogen (secondary N) is 1. The lowest BCUT2D eigenvalue weighted by atomic mass is 10.4. The molecule has 1 fully saturated rings. The van der Waals surface area contributed by atoms with Gasteiger partial charge in [-0.1, -0.05) is 0 Å². The van der Waals surface area contributed by atoms with Crippen molar-refractivity contribution >= 4 is 17.1 Å². The third-order valence-corrected chi connectivity index (χ3v) is 4.35. The van der Waals surface area contributed by atoms with E-state index in [0.717, 1.165) is 17.7 Å². The number of nitrogens with zero attached hydrogens (tertiary/aromatic N) is 4. The summed E-state index contributed by atoms with van der Waals surface area (Å²) in [7, 11) is 2.95. The van der Waals surface area contributed by atoms with Gasteiger partial charge in [0.15, 0.2) is 17.0 Å². The Hall–Kier alpha value is -2.46. The van der Waals surface area contributed by atoms with Crippen molar-refractivity contribution in [1.82, 2.24) is 18.7 Å². The van der Waals surface area contributed by atoms with Crippen molar-refractivity contribution in [3.63, 3.8) is 0 Å². The van der Waals surface area contributed by atoms with Crippen LogP contribution in [0.25, 0.3) is 11.2 Å². The van der Waals surface area contributed by atoms with Crippen LogP contribution in [-0.2, 0) is 36.7 Å². The molecule has 3 heterocycles. The third-order valence-electron chi connectivity index (χ3n) is 4.35. The summed E-state index contributed by atoms with van der Waals surface area (Å²) in [5.41, 5.74) is 4.90. The Kier molecular flexibility index (Phi) is 4.24. The second-order valence-corrected chi connectivity index (χ2v) is 6.00. The predicted molar refractivity (Wildman–Crippen MR) is 84.6 cm³/mol. The zero-order valence-corrected chi connectivity index (χ0v) is 13.7. The highest BCUT2D eigenvalue weighted by Crippen LogP contribution is 2.10. The summed E-state index contributed by atoms with van der Waals surface area (Å²) in [5.74, 6) is 0.00225. The van der Waals surface area contributed by atoms with Crippen molar-refractivity contribution in [3.8, 4) is 0 Å². The number of aryl methyl sites for hydroxylation is 1. The van der Waals surface area contributed by atoms with Crippen LogP contribution in [0.15, 0.2) is 9.59 Å². The first-order valence-electron chi connectivity index (χ1n) is 7.75. The maximum atomic E-state index is 12.5. The Labute approximate surface area is 137 Å². The van der Waals surface area contributed by atoms with Gasteiger partial charge < -0.3 is 19.9 Å². The monoisotopic (exact) mass is 337 g/mol. The summed E-state index contributed by atoms with van der Waals surface area (Å²) in [5, 5.41) is 0. The van der Waals surface area contributed by atoms with Gasteiger partial charge in [-0.3, -0.25) is 18.7 Å². The molecule has 0 radical (unpaired) electrons. The molecule has 3 N–H and O–H groups in total. The van der Waals surface area contributed by atoms with Crippen LogP contribution in [0.4, 0.5) is 0 Å². The highest BCUT2D eigenvalue weighted by molar-refractivity contribution is 5.78. The Morgan fingerprint density at radius 3 is 2.54 bits per heavy atom. The Morgan fingerprint density at radius 1 is 1.25 bits per heavy atom. The second-order valence-electron chi connectivity index (χ2n) is 6.00. The van der Waals surface area contributed by atoms with E-state index in [1.807, 2.05) is 0 Å². The lowest BCUT2D eigenvalue weighted by Gasteiger charge is -2.23. The lowest BCUT2D eigenvalue weighted by molar-refractivity contribution is -0.922. The number of quaternary nitrogens is 1. The van der Waals surface area contributed by atoms with Crippen molar-refractivity contribution < 1.29 is 14.4 Å². The zero-order chi connectivity index (χ0) is 17.4. The molecule has 2 aromatic heterocycles. The van der Waals surface area contributed by atoms with Crippen molar-refractivity contribution in [2.24, 2.45) is 19.8 Å². The number of carbonyl (C=O) groups is 1. The van der Waals surface area contributed by atoms with Crippen molar-refractivity contribution in [3.05, 3.63) is 26.7 Å². The fourth-order valence-corrected chi connectivity index (χ4v) is 3.01. The molecule has 0 bridgehead atoms. The zero-order valence-electron chi connectivity index (χ0n) is 13.7. The van der Waals surface area contributed by atoms with Crippen LogP contribution in [0.3, 0.4) is 0 Å². The molecule has 0 unspecified atom stereocenters. The minimum atomic E-state index is -0.566. The smallest absolute Gasteiger partial charge is 0.332 e. The first-order valence-corrected chi connectivity index (χ1v) is 7.75. The number of imidazole rings is 1. The van der Waals surface area contributed by atoms with Crippen LogP contribution in [-0.4, -0.2) is 50.9 Å². The average molecular weight is 337 g/mol. The van der Waals surface area contributed by atoms with Gasteiger partial charge in [-0.15, -0.1) is 0 Å². The van der Waals surface area contributed by atoms with E-state index in [4.69, 9.17) is 10.5 Å². The summed E-state index contributed by atoms with van der Waals surface area (Å²) in [6.07, 6.45) is 0. The fourth-order valence-electron chi connectivity index (χ4n) is 3.01. The van der Waals surface area contributed by atoms with Gasteiger partial charge in [0, 0.05) is 14.1 Å². The molecule has 10 heteroatoms. The van der Waals surface area contributed by atoms with Gasteiger partial charge >= 0.3 is 5.69 Å². The van der Waals surface area contributed by atoms with Crippen molar-refractivity contribution in [2.45, 2.75) is 13.1 Å². The van der Waals surface area contributed by atoms with E-state index in [-0.39, 0.29) is 17.7 Å². The number of amides is 1. The maximum absolute atomic E-state index is 12.5. The molecule has 1 aliphatic rings. The summed E-state index contributed by atoms with van der Waals surface area (Å²) >= 11 is 0. The molecule has 1 saturated heterocycles. The minimum Gasteiger partial charge on any atom is -0.370 e. The summed E-state index contributed by atoms with van der Waals surface area (Å²) in [6.45, 7) is 3.33. The Bertz CT molecular complexity index is 903. The van der Waals surface area contributed by atoms with E-state index in [2.05, 4.69) is 4.98 Å². The highest BCUT2D eigenvalue weighted by Gasteiger charge is 2.24. The summed E-state index contributed by atoms with van der Waals surface area (Å²) in [6, 6.07) is 0. The Balaban J connectivity index is 2.18. The minimum absolute atomic E-state index is 0.150. The van der Waals surface area contributed by atoms with Gasteiger partial charge in [0.25, 0.3) is 5.56 Å². The molecule has 130 valence electrons. The van der Waals surface area contributed by atoms with Crippen molar-refractivity contribution in [2.75, 3.05) is 26.3 Å². The molecule has 1 amide bonds. The molecule has 0 spiro atoms. The SMILES string of the molecule is Cn1c(=O)c2c(nc(C[NH+]3CCOCC3)n2CC(N)=O)n(C)c1=O. The van der Waals surface area contributed by atoms with Crippen LogP contribution in [0.1, 0.15) is 5.82 Å². The van der Waals surface area contributed by atoms with Gasteiger partial charge in [0.05, 0.1) is 13.2 Å². The standard InChI is InChI=1S/C14H20N6O4/c1-17-12-11(13(22)18(2)14(17)23)20(7-9(15)21)10(16-12)8-19-3-5-24-6-4-19/h3-8H2,1-2H3,(H2,15,21)/p+1. The number of primary amides is 1.